The third kappa shape index (κ3) is 3.16. The van der Waals surface area contributed by atoms with E-state index in [9.17, 15) is 22.9 Å². The van der Waals surface area contributed by atoms with Gasteiger partial charge in [-0.1, -0.05) is 0 Å². The molecular formula is C9H15O6S-. The highest BCUT2D eigenvalue weighted by atomic mass is 32.2. The van der Waals surface area contributed by atoms with E-state index in [1.165, 1.54) is 7.11 Å². The minimum absolute atomic E-state index is 0.247. The van der Waals surface area contributed by atoms with Crippen molar-refractivity contribution < 1.29 is 27.6 Å². The third-order valence-electron chi connectivity index (χ3n) is 3.01. The molecule has 1 fully saturated rings. The van der Waals surface area contributed by atoms with Crippen LogP contribution in [0.3, 0.4) is 0 Å². The monoisotopic (exact) mass is 251 g/mol. The Morgan fingerprint density at radius 1 is 1.38 bits per heavy atom. The maximum atomic E-state index is 11.2. The molecule has 0 spiro atoms. The average Bonchev–Trinajstić information content (AvgIpc) is 2.26. The predicted molar refractivity (Wildman–Crippen MR) is 53.2 cm³/mol. The van der Waals surface area contributed by atoms with Gasteiger partial charge in [0, 0.05) is 0 Å². The Morgan fingerprint density at radius 3 is 2.25 bits per heavy atom. The predicted octanol–water partition coefficient (Wildman–Crippen LogP) is -0.171. The maximum Gasteiger partial charge on any atom is 0.308 e. The maximum absolute atomic E-state index is 11.2. The molecule has 0 amide bonds. The zero-order valence-corrected chi connectivity index (χ0v) is 9.77. The first kappa shape index (κ1) is 13.4. The zero-order chi connectivity index (χ0) is 12.3. The molecule has 94 valence electrons. The van der Waals surface area contributed by atoms with Crippen LogP contribution in [0.5, 0.6) is 0 Å². The fraction of sp³-hybridized carbons (Fsp3) is 0.889. The van der Waals surface area contributed by atoms with Gasteiger partial charge in [0.2, 0.25) is 0 Å². The number of carbonyl (C=O) groups is 1. The summed E-state index contributed by atoms with van der Waals surface area (Å²) in [4.78, 5) is 11.2. The van der Waals surface area contributed by atoms with Crippen molar-refractivity contribution in [3.8, 4) is 0 Å². The minimum Gasteiger partial charge on any atom is -0.746 e. The van der Waals surface area contributed by atoms with E-state index in [-0.39, 0.29) is 11.9 Å². The van der Waals surface area contributed by atoms with Gasteiger partial charge in [0.25, 0.3) is 0 Å². The van der Waals surface area contributed by atoms with E-state index in [0.717, 1.165) is 0 Å². The number of hydrogen-bond acceptors (Lipinski definition) is 6. The van der Waals surface area contributed by atoms with Gasteiger partial charge >= 0.3 is 5.97 Å². The second-order valence-electron chi connectivity index (χ2n) is 4.02. The molecule has 0 saturated heterocycles. The molecule has 0 aliphatic heterocycles. The summed E-state index contributed by atoms with van der Waals surface area (Å²) in [6, 6.07) is 0. The van der Waals surface area contributed by atoms with Gasteiger partial charge < -0.3 is 14.4 Å². The molecule has 16 heavy (non-hydrogen) atoms. The first-order valence-electron chi connectivity index (χ1n) is 5.07. The minimum atomic E-state index is -4.66. The first-order chi connectivity index (χ1) is 7.36. The van der Waals surface area contributed by atoms with Crippen LogP contribution >= 0.6 is 0 Å². The number of esters is 1. The lowest BCUT2D eigenvalue weighted by Gasteiger charge is -2.31. The quantitative estimate of drug-likeness (QED) is 0.551. The van der Waals surface area contributed by atoms with E-state index in [0.29, 0.717) is 25.7 Å². The van der Waals surface area contributed by atoms with Crippen LogP contribution in [-0.4, -0.2) is 36.6 Å². The molecule has 0 aromatic heterocycles. The Bertz CT molecular complexity index is 341. The van der Waals surface area contributed by atoms with E-state index in [2.05, 4.69) is 4.74 Å². The Labute approximate surface area is 94.4 Å². The molecule has 1 rings (SSSR count). The number of aliphatic hydroxyl groups is 1. The van der Waals surface area contributed by atoms with Gasteiger partial charge in [-0.2, -0.15) is 0 Å². The van der Waals surface area contributed by atoms with Gasteiger partial charge in [-0.3, -0.25) is 4.79 Å². The molecule has 0 heterocycles. The average molecular weight is 251 g/mol. The second-order valence-corrected chi connectivity index (χ2v) is 5.49. The first-order valence-corrected chi connectivity index (χ1v) is 6.54. The van der Waals surface area contributed by atoms with E-state index in [1.807, 2.05) is 0 Å². The van der Waals surface area contributed by atoms with Crippen molar-refractivity contribution in [2.75, 3.05) is 7.11 Å². The smallest absolute Gasteiger partial charge is 0.308 e. The van der Waals surface area contributed by atoms with Crippen LogP contribution < -0.4 is 0 Å². The molecule has 0 aromatic carbocycles. The molecule has 1 saturated carbocycles. The number of carbonyl (C=O) groups excluding carboxylic acids is 1. The molecule has 0 aromatic rings. The van der Waals surface area contributed by atoms with Crippen LogP contribution in [0.2, 0.25) is 0 Å². The van der Waals surface area contributed by atoms with Crippen molar-refractivity contribution in [1.82, 2.24) is 0 Å². The Balaban J connectivity index is 2.52. The summed E-state index contributed by atoms with van der Waals surface area (Å²) in [5.74, 6) is -1.14. The summed E-state index contributed by atoms with van der Waals surface area (Å²) in [6.07, 6.45) is 1.60. The van der Waals surface area contributed by atoms with Gasteiger partial charge in [0.05, 0.1) is 13.0 Å². The highest BCUT2D eigenvalue weighted by Crippen LogP contribution is 2.32. The second kappa shape index (κ2) is 5.11. The Hall–Kier alpha value is -0.660. The summed E-state index contributed by atoms with van der Waals surface area (Å²) in [6.45, 7) is 0. The molecule has 6 nitrogen and oxygen atoms in total. The molecule has 0 bridgehead atoms. The fourth-order valence-electron chi connectivity index (χ4n) is 2.04. The number of methoxy groups -OCH3 is 1. The van der Waals surface area contributed by atoms with Crippen molar-refractivity contribution in [3.63, 3.8) is 0 Å². The van der Waals surface area contributed by atoms with Crippen LogP contribution in [0.1, 0.15) is 25.7 Å². The molecular weight excluding hydrogens is 236 g/mol. The lowest BCUT2D eigenvalue weighted by Crippen LogP contribution is -2.34. The lowest BCUT2D eigenvalue weighted by atomic mass is 9.82. The summed E-state index contributed by atoms with van der Waals surface area (Å²) >= 11 is 0. The topological polar surface area (TPSA) is 104 Å². The number of ether oxygens (including phenoxy) is 1. The Kier molecular flexibility index (Phi) is 4.28. The molecule has 7 heteroatoms. The SMILES string of the molecule is COC(=O)C1CCC(C(O)S(=O)(=O)[O-])CC1. The molecule has 1 N–H and O–H groups in total. The lowest BCUT2D eigenvalue weighted by molar-refractivity contribution is -0.147. The van der Waals surface area contributed by atoms with E-state index in [4.69, 9.17) is 0 Å². The summed E-state index contributed by atoms with van der Waals surface area (Å²) in [5.41, 5.74) is -1.86. The molecule has 1 atom stereocenters. The van der Waals surface area contributed by atoms with Crippen molar-refractivity contribution in [2.45, 2.75) is 31.1 Å². The molecule has 1 unspecified atom stereocenters. The summed E-state index contributed by atoms with van der Waals surface area (Å²) in [7, 11) is -3.36. The van der Waals surface area contributed by atoms with Crippen LogP contribution in [0.25, 0.3) is 0 Å². The number of hydrogen-bond donors (Lipinski definition) is 1. The molecule has 1 aliphatic rings. The van der Waals surface area contributed by atoms with E-state index in [1.54, 1.807) is 0 Å². The van der Waals surface area contributed by atoms with Crippen molar-refractivity contribution >= 4 is 16.1 Å². The van der Waals surface area contributed by atoms with E-state index < -0.39 is 21.5 Å². The van der Waals surface area contributed by atoms with Crippen LogP contribution in [-0.2, 0) is 19.6 Å². The van der Waals surface area contributed by atoms with Gasteiger partial charge in [0.15, 0.2) is 0 Å². The number of rotatable bonds is 3. The van der Waals surface area contributed by atoms with Crippen LogP contribution in [0.4, 0.5) is 0 Å². The Morgan fingerprint density at radius 2 is 1.88 bits per heavy atom. The largest absolute Gasteiger partial charge is 0.746 e. The van der Waals surface area contributed by atoms with E-state index >= 15 is 0 Å². The van der Waals surface area contributed by atoms with Gasteiger partial charge in [-0.15, -0.1) is 0 Å². The van der Waals surface area contributed by atoms with Crippen molar-refractivity contribution in [2.24, 2.45) is 11.8 Å². The third-order valence-corrected chi connectivity index (χ3v) is 3.98. The van der Waals surface area contributed by atoms with Gasteiger partial charge in [-0.25, -0.2) is 8.42 Å². The highest BCUT2D eigenvalue weighted by molar-refractivity contribution is 7.86. The van der Waals surface area contributed by atoms with Gasteiger partial charge in [0.1, 0.15) is 15.6 Å². The fourth-order valence-corrected chi connectivity index (χ4v) is 2.79. The normalized spacial score (nSPS) is 28.4. The zero-order valence-electron chi connectivity index (χ0n) is 8.96. The van der Waals surface area contributed by atoms with Gasteiger partial charge in [-0.05, 0) is 31.6 Å². The standard InChI is InChI=1S/C9H16O6S/c1-15-8(10)6-2-4-7(5-3-6)9(11)16(12,13)14/h6-7,9,11H,2-5H2,1H3,(H,12,13,14)/p-1. The molecule has 1 aliphatic carbocycles. The number of aliphatic hydroxyl groups excluding tert-OH is 1. The highest BCUT2D eigenvalue weighted by Gasteiger charge is 2.32. The summed E-state index contributed by atoms with van der Waals surface area (Å²) in [5, 5.41) is 9.28. The van der Waals surface area contributed by atoms with Crippen molar-refractivity contribution in [3.05, 3.63) is 0 Å². The molecule has 0 radical (unpaired) electrons. The summed E-state index contributed by atoms with van der Waals surface area (Å²) < 4.78 is 36.4. The van der Waals surface area contributed by atoms with Crippen LogP contribution in [0.15, 0.2) is 0 Å². The van der Waals surface area contributed by atoms with Crippen LogP contribution in [0, 0.1) is 11.8 Å². The van der Waals surface area contributed by atoms with Crippen molar-refractivity contribution in [1.29, 1.82) is 0 Å².